The Labute approximate surface area is 260 Å². The van der Waals surface area contributed by atoms with Crippen LogP contribution in [0.1, 0.15) is 41.5 Å². The van der Waals surface area contributed by atoms with Gasteiger partial charge in [0.25, 0.3) is 0 Å². The number of benzene rings is 3. The van der Waals surface area contributed by atoms with Gasteiger partial charge in [-0.3, -0.25) is 4.98 Å². The number of hydrogen-bond donors (Lipinski definition) is 0. The average Bonchev–Trinajstić information content (AvgIpc) is 3.49. The van der Waals surface area contributed by atoms with Gasteiger partial charge in [0, 0.05) is 38.1 Å². The van der Waals surface area contributed by atoms with Gasteiger partial charge in [-0.2, -0.15) is 36.1 Å². The molecule has 1 aliphatic heterocycles. The number of para-hydroxylation sites is 1. The molecule has 0 N–H and O–H groups in total. The van der Waals surface area contributed by atoms with Gasteiger partial charge in [-0.05, 0) is 53.1 Å². The first-order valence-electron chi connectivity index (χ1n) is 14.0. The fourth-order valence-corrected chi connectivity index (χ4v) is 14.0. The van der Waals surface area contributed by atoms with Crippen molar-refractivity contribution in [1.82, 2.24) is 14.5 Å². The summed E-state index contributed by atoms with van der Waals surface area (Å²) in [5.41, 5.74) is 4.26. The SMILES string of the molecule is CN1C=CN(c2[c-]c(-n3c4[c-]c([Si](c5ccccn5)(C(C)(C)C)C(C)(C)C)ccc4c4ccccc43)ccc2)[CH-]1.[Pt]. The Balaban J connectivity index is 0.00000337. The summed E-state index contributed by atoms with van der Waals surface area (Å²) in [7, 11) is -0.465. The predicted octanol–water partition coefficient (Wildman–Crippen LogP) is 7.28. The molecule has 3 aromatic carbocycles. The Hall–Kier alpha value is -3.14. The Morgan fingerprint density at radius 3 is 2.10 bits per heavy atom. The van der Waals surface area contributed by atoms with E-state index in [0.29, 0.717) is 0 Å². The molecule has 0 spiro atoms. The molecular formula is C35H37N4PtSi-3. The van der Waals surface area contributed by atoms with E-state index in [1.165, 1.54) is 21.3 Å². The van der Waals surface area contributed by atoms with Crippen LogP contribution in [0.5, 0.6) is 0 Å². The van der Waals surface area contributed by atoms with Crippen molar-refractivity contribution in [2.24, 2.45) is 0 Å². The number of hydrogen-bond acceptors (Lipinski definition) is 3. The van der Waals surface area contributed by atoms with Gasteiger partial charge in [-0.1, -0.05) is 77.0 Å². The third-order valence-electron chi connectivity index (χ3n) is 8.34. The molecule has 4 nitrogen and oxygen atoms in total. The summed E-state index contributed by atoms with van der Waals surface area (Å²) in [4.78, 5) is 9.18. The van der Waals surface area contributed by atoms with Crippen LogP contribution in [0.2, 0.25) is 10.1 Å². The first-order chi connectivity index (χ1) is 19.0. The molecule has 1 aliphatic rings. The van der Waals surface area contributed by atoms with E-state index in [1.54, 1.807) is 0 Å². The van der Waals surface area contributed by atoms with E-state index in [0.717, 1.165) is 22.4 Å². The van der Waals surface area contributed by atoms with Crippen molar-refractivity contribution < 1.29 is 21.1 Å². The summed E-state index contributed by atoms with van der Waals surface area (Å²) in [5, 5.41) is 4.92. The molecule has 0 amide bonds. The third kappa shape index (κ3) is 4.68. The maximum Gasteiger partial charge on any atom is 0.127 e. The second-order valence-electron chi connectivity index (χ2n) is 12.9. The maximum absolute atomic E-state index is 5.04. The summed E-state index contributed by atoms with van der Waals surface area (Å²) in [5.74, 6) is 0. The van der Waals surface area contributed by atoms with Crippen LogP contribution in [0, 0.1) is 18.8 Å². The number of nitrogens with zero attached hydrogens (tertiary/aromatic N) is 4. The minimum atomic E-state index is -2.50. The molecule has 5 aromatic rings. The minimum Gasteiger partial charge on any atom is -0.510 e. The number of rotatable bonds is 4. The van der Waals surface area contributed by atoms with E-state index < -0.39 is 8.07 Å². The molecule has 0 fully saturated rings. The molecule has 0 saturated heterocycles. The van der Waals surface area contributed by atoms with Crippen LogP contribution in [0.25, 0.3) is 27.5 Å². The number of fused-ring (bicyclic) bond motifs is 3. The number of pyridine rings is 1. The molecule has 6 heteroatoms. The Morgan fingerprint density at radius 2 is 1.44 bits per heavy atom. The van der Waals surface area contributed by atoms with Crippen molar-refractivity contribution >= 4 is 46.1 Å². The van der Waals surface area contributed by atoms with E-state index >= 15 is 0 Å². The van der Waals surface area contributed by atoms with Gasteiger partial charge < -0.3 is 14.4 Å². The molecule has 6 rings (SSSR count). The molecule has 2 aromatic heterocycles. The van der Waals surface area contributed by atoms with Gasteiger partial charge >= 0.3 is 0 Å². The minimum absolute atomic E-state index is 0. The topological polar surface area (TPSA) is 24.3 Å². The van der Waals surface area contributed by atoms with E-state index in [9.17, 15) is 0 Å². The van der Waals surface area contributed by atoms with E-state index in [1.807, 2.05) is 30.4 Å². The first-order valence-corrected chi connectivity index (χ1v) is 16.0. The van der Waals surface area contributed by atoms with Crippen LogP contribution in [0.15, 0.2) is 91.4 Å². The quantitative estimate of drug-likeness (QED) is 0.143. The predicted molar refractivity (Wildman–Crippen MR) is 171 cm³/mol. The molecule has 3 heterocycles. The van der Waals surface area contributed by atoms with Crippen LogP contribution < -0.4 is 15.4 Å². The van der Waals surface area contributed by atoms with Crippen LogP contribution in [-0.4, -0.2) is 29.6 Å². The normalized spacial score (nSPS) is 14.2. The monoisotopic (exact) mass is 736 g/mol. The third-order valence-corrected chi connectivity index (χ3v) is 15.0. The van der Waals surface area contributed by atoms with Gasteiger partial charge in [0.2, 0.25) is 0 Å². The fourth-order valence-electron chi connectivity index (χ4n) is 7.10. The van der Waals surface area contributed by atoms with Gasteiger partial charge in [0.15, 0.2) is 0 Å². The van der Waals surface area contributed by atoms with Gasteiger partial charge in [0.1, 0.15) is 8.07 Å². The second kappa shape index (κ2) is 10.6. The van der Waals surface area contributed by atoms with Crippen molar-refractivity contribution in [2.45, 2.75) is 51.6 Å². The number of anilines is 1. The largest absolute Gasteiger partial charge is 0.510 e. The maximum atomic E-state index is 5.04. The molecule has 0 bridgehead atoms. The van der Waals surface area contributed by atoms with Crippen LogP contribution in [0.3, 0.4) is 0 Å². The zero-order valence-electron chi connectivity index (χ0n) is 24.8. The van der Waals surface area contributed by atoms with E-state index in [4.69, 9.17) is 4.98 Å². The van der Waals surface area contributed by atoms with Crippen molar-refractivity contribution in [1.29, 1.82) is 0 Å². The van der Waals surface area contributed by atoms with Gasteiger partial charge in [0.05, 0.1) is 0 Å². The zero-order chi connectivity index (χ0) is 28.3. The first kappa shape index (κ1) is 29.4. The van der Waals surface area contributed by atoms with Crippen molar-refractivity contribution in [3.63, 3.8) is 0 Å². The van der Waals surface area contributed by atoms with E-state index in [-0.39, 0.29) is 31.1 Å². The molecular weight excluding hydrogens is 700 g/mol. The Morgan fingerprint density at radius 1 is 0.732 bits per heavy atom. The van der Waals surface area contributed by atoms with E-state index in [2.05, 4.69) is 143 Å². The molecule has 0 saturated carbocycles. The molecule has 0 radical (unpaired) electrons. The summed E-state index contributed by atoms with van der Waals surface area (Å²) >= 11 is 0. The standard InChI is InChI=1S/C35H37N4Si.Pt/c1-34(2,3)40(35(4,5)6,33-17-10-11-20-36-33)28-18-19-30-29-15-8-9-16-31(29)39(32(30)24-28)27-14-12-13-26(23-27)38-22-21-37(7)25-38;/h8-22,25H,1-7H3;/q-3;. The van der Waals surface area contributed by atoms with Gasteiger partial charge in [-0.25, -0.2) is 0 Å². The van der Waals surface area contributed by atoms with Crippen molar-refractivity contribution in [2.75, 3.05) is 11.9 Å². The molecule has 0 aliphatic carbocycles. The van der Waals surface area contributed by atoms with Crippen LogP contribution in [0.4, 0.5) is 5.69 Å². The fraction of sp³-hybridized carbons (Fsp3) is 0.257. The Bertz CT molecular complexity index is 1710. The average molecular weight is 737 g/mol. The Kier molecular flexibility index (Phi) is 7.59. The summed E-state index contributed by atoms with van der Waals surface area (Å²) in [6, 6.07) is 33.8. The van der Waals surface area contributed by atoms with Crippen molar-refractivity contribution in [3.05, 3.63) is 110 Å². The molecule has 41 heavy (non-hydrogen) atoms. The van der Waals surface area contributed by atoms with Crippen LogP contribution in [-0.2, 0) is 21.1 Å². The van der Waals surface area contributed by atoms with Gasteiger partial charge in [-0.15, -0.1) is 29.3 Å². The number of aromatic nitrogens is 2. The summed E-state index contributed by atoms with van der Waals surface area (Å²) in [6.07, 6.45) is 6.05. The second-order valence-corrected chi connectivity index (χ2v) is 18.4. The summed E-state index contributed by atoms with van der Waals surface area (Å²) < 4.78 is 2.34. The summed E-state index contributed by atoms with van der Waals surface area (Å²) in [6.45, 7) is 16.4. The van der Waals surface area contributed by atoms with Crippen molar-refractivity contribution in [3.8, 4) is 5.69 Å². The smallest absolute Gasteiger partial charge is 0.127 e. The zero-order valence-corrected chi connectivity index (χ0v) is 28.1. The molecule has 0 unspecified atom stereocenters. The van der Waals surface area contributed by atoms with Crippen LogP contribution >= 0.6 is 0 Å². The molecule has 214 valence electrons. The molecule has 0 atom stereocenters.